The molecule has 0 bridgehead atoms. The van der Waals surface area contributed by atoms with Gasteiger partial charge in [-0.25, -0.2) is 4.90 Å². The van der Waals surface area contributed by atoms with Crippen molar-refractivity contribution >= 4 is 11.8 Å². The van der Waals surface area contributed by atoms with Gasteiger partial charge >= 0.3 is 0 Å². The molecule has 2 aromatic carbocycles. The average molecular weight is 337 g/mol. The first-order valence-corrected chi connectivity index (χ1v) is 8.88. The van der Waals surface area contributed by atoms with Gasteiger partial charge in [0.1, 0.15) is 32.7 Å². The number of hydrogen-bond donors (Lipinski definition) is 2. The molecule has 2 aliphatic heterocycles. The van der Waals surface area contributed by atoms with Gasteiger partial charge in [-0.3, -0.25) is 9.59 Å². The quantitative estimate of drug-likeness (QED) is 0.720. The summed E-state index contributed by atoms with van der Waals surface area (Å²) >= 11 is 0. The van der Waals surface area contributed by atoms with Crippen LogP contribution in [0.3, 0.4) is 0 Å². The Bertz CT molecular complexity index is 748. The predicted molar refractivity (Wildman–Crippen MR) is 93.3 cm³/mol. The zero-order chi connectivity index (χ0) is 17.2. The molecule has 5 heteroatoms. The van der Waals surface area contributed by atoms with Crippen LogP contribution in [0.25, 0.3) is 0 Å². The normalized spacial score (nSPS) is 23.0. The zero-order valence-corrected chi connectivity index (χ0v) is 14.2. The molecule has 1 fully saturated rings. The lowest BCUT2D eigenvalue weighted by Crippen LogP contribution is -3.28. The lowest BCUT2D eigenvalue weighted by Gasteiger charge is -2.31. The second kappa shape index (κ2) is 6.78. The number of nitrogens with one attached hydrogen (secondary N) is 2. The molecule has 0 atom stereocenters. The van der Waals surface area contributed by atoms with Gasteiger partial charge in [0.25, 0.3) is 11.8 Å². The van der Waals surface area contributed by atoms with Crippen LogP contribution in [0.5, 0.6) is 0 Å². The van der Waals surface area contributed by atoms with Gasteiger partial charge in [0.2, 0.25) is 0 Å². The van der Waals surface area contributed by atoms with Crippen LogP contribution < -0.4 is 9.80 Å². The van der Waals surface area contributed by atoms with Gasteiger partial charge in [-0.2, -0.15) is 0 Å². The van der Waals surface area contributed by atoms with Gasteiger partial charge in [0, 0.05) is 5.56 Å². The Morgan fingerprint density at radius 2 is 1.24 bits per heavy atom. The van der Waals surface area contributed by atoms with Crippen LogP contribution in [0.1, 0.15) is 26.3 Å². The summed E-state index contributed by atoms with van der Waals surface area (Å²) in [6, 6.07) is 17.7. The molecule has 2 N–H and O–H groups in total. The summed E-state index contributed by atoms with van der Waals surface area (Å²) < 4.78 is 0. The SMILES string of the molecule is O=C1c2ccccc2C(=O)N1C[NH+]1CC[NH+](Cc2ccccc2)CC1. The van der Waals surface area contributed by atoms with Crippen LogP contribution in [0.15, 0.2) is 54.6 Å². The van der Waals surface area contributed by atoms with Gasteiger partial charge in [-0.1, -0.05) is 42.5 Å². The molecule has 0 unspecified atom stereocenters. The highest BCUT2D eigenvalue weighted by Crippen LogP contribution is 2.21. The van der Waals surface area contributed by atoms with Crippen LogP contribution in [0.4, 0.5) is 0 Å². The predicted octanol–water partition coefficient (Wildman–Crippen LogP) is -0.776. The molecular weight excluding hydrogens is 314 g/mol. The molecular formula is C20H23N3O2+2. The molecule has 2 amide bonds. The fourth-order valence-electron chi connectivity index (χ4n) is 3.78. The Morgan fingerprint density at radius 1 is 0.720 bits per heavy atom. The summed E-state index contributed by atoms with van der Waals surface area (Å²) in [6.45, 7) is 5.61. The standard InChI is InChI=1S/C20H21N3O2/c24-19-17-8-4-5-9-18(17)20(25)23(19)15-22-12-10-21(11-13-22)14-16-6-2-1-3-7-16/h1-9H,10-15H2/p+2. The Kier molecular flexibility index (Phi) is 4.34. The number of fused-ring (bicyclic) bond motifs is 1. The molecule has 5 nitrogen and oxygen atoms in total. The van der Waals surface area contributed by atoms with E-state index in [9.17, 15) is 9.59 Å². The Balaban J connectivity index is 1.34. The molecule has 2 aromatic rings. The molecule has 4 rings (SSSR count). The van der Waals surface area contributed by atoms with E-state index in [2.05, 4.69) is 24.3 Å². The van der Waals surface area contributed by atoms with Crippen molar-refractivity contribution in [1.82, 2.24) is 4.90 Å². The smallest absolute Gasteiger partial charge is 0.265 e. The molecule has 2 aliphatic rings. The van der Waals surface area contributed by atoms with Crippen LogP contribution >= 0.6 is 0 Å². The molecule has 0 aliphatic carbocycles. The van der Waals surface area contributed by atoms with Gasteiger partial charge in [0.15, 0.2) is 6.67 Å². The highest BCUT2D eigenvalue weighted by atomic mass is 16.2. The molecule has 25 heavy (non-hydrogen) atoms. The fraction of sp³-hybridized carbons (Fsp3) is 0.300. The molecule has 0 radical (unpaired) electrons. The minimum atomic E-state index is -0.146. The Hall–Kier alpha value is -2.50. The minimum absolute atomic E-state index is 0.146. The average Bonchev–Trinajstić information content (AvgIpc) is 2.89. The van der Waals surface area contributed by atoms with Crippen molar-refractivity contribution in [2.75, 3.05) is 32.8 Å². The van der Waals surface area contributed by atoms with Crippen LogP contribution in [-0.2, 0) is 6.54 Å². The van der Waals surface area contributed by atoms with Crippen molar-refractivity contribution in [3.05, 3.63) is 71.3 Å². The number of benzene rings is 2. The number of imide groups is 1. The highest BCUT2D eigenvalue weighted by molar-refractivity contribution is 6.21. The monoisotopic (exact) mass is 337 g/mol. The van der Waals surface area contributed by atoms with Crippen molar-refractivity contribution in [3.8, 4) is 0 Å². The number of carbonyl (C=O) groups is 2. The molecule has 0 saturated carbocycles. The summed E-state index contributed by atoms with van der Waals surface area (Å²) in [4.78, 5) is 29.2. The molecule has 0 aromatic heterocycles. The number of quaternary nitrogens is 2. The maximum Gasteiger partial charge on any atom is 0.265 e. The first-order valence-electron chi connectivity index (χ1n) is 8.88. The Morgan fingerprint density at radius 3 is 1.84 bits per heavy atom. The van der Waals surface area contributed by atoms with E-state index >= 15 is 0 Å². The second-order valence-electron chi connectivity index (χ2n) is 6.90. The topological polar surface area (TPSA) is 46.3 Å². The van der Waals surface area contributed by atoms with E-state index < -0.39 is 0 Å². The van der Waals surface area contributed by atoms with Crippen molar-refractivity contribution < 1.29 is 19.4 Å². The summed E-state index contributed by atoms with van der Waals surface area (Å²) in [5, 5.41) is 0. The summed E-state index contributed by atoms with van der Waals surface area (Å²) in [5.41, 5.74) is 2.45. The highest BCUT2D eigenvalue weighted by Gasteiger charge is 2.38. The summed E-state index contributed by atoms with van der Waals surface area (Å²) in [6.07, 6.45) is 0. The first-order chi connectivity index (χ1) is 12.2. The van der Waals surface area contributed by atoms with E-state index in [1.54, 1.807) is 17.0 Å². The van der Waals surface area contributed by atoms with Crippen LogP contribution in [0.2, 0.25) is 0 Å². The van der Waals surface area contributed by atoms with Crippen molar-refractivity contribution in [1.29, 1.82) is 0 Å². The van der Waals surface area contributed by atoms with Crippen molar-refractivity contribution in [2.24, 2.45) is 0 Å². The van der Waals surface area contributed by atoms with Crippen molar-refractivity contribution in [3.63, 3.8) is 0 Å². The summed E-state index contributed by atoms with van der Waals surface area (Å²) in [7, 11) is 0. The third-order valence-electron chi connectivity index (χ3n) is 5.22. The third kappa shape index (κ3) is 3.21. The van der Waals surface area contributed by atoms with E-state index in [4.69, 9.17) is 0 Å². The lowest BCUT2D eigenvalue weighted by molar-refractivity contribution is -1.02. The molecule has 0 spiro atoms. The first kappa shape index (κ1) is 16.0. The minimum Gasteiger partial charge on any atom is -0.322 e. The number of piperazine rings is 1. The zero-order valence-electron chi connectivity index (χ0n) is 14.2. The van der Waals surface area contributed by atoms with E-state index in [0.29, 0.717) is 17.8 Å². The van der Waals surface area contributed by atoms with E-state index in [-0.39, 0.29) is 11.8 Å². The van der Waals surface area contributed by atoms with Crippen LogP contribution in [-0.4, -0.2) is 49.6 Å². The fourth-order valence-corrected chi connectivity index (χ4v) is 3.78. The number of nitrogens with zero attached hydrogens (tertiary/aromatic N) is 1. The second-order valence-corrected chi connectivity index (χ2v) is 6.90. The van der Waals surface area contributed by atoms with E-state index in [0.717, 1.165) is 32.7 Å². The van der Waals surface area contributed by atoms with Gasteiger partial charge < -0.3 is 9.80 Å². The number of amides is 2. The van der Waals surface area contributed by atoms with Crippen LogP contribution in [0, 0.1) is 0 Å². The van der Waals surface area contributed by atoms with Crippen molar-refractivity contribution in [2.45, 2.75) is 6.54 Å². The largest absolute Gasteiger partial charge is 0.322 e. The van der Waals surface area contributed by atoms with Gasteiger partial charge in [-0.15, -0.1) is 0 Å². The molecule has 2 heterocycles. The third-order valence-corrected chi connectivity index (χ3v) is 5.22. The molecule has 1 saturated heterocycles. The number of hydrogen-bond acceptors (Lipinski definition) is 2. The maximum atomic E-state index is 12.5. The van der Waals surface area contributed by atoms with Gasteiger partial charge in [-0.05, 0) is 12.1 Å². The maximum absolute atomic E-state index is 12.5. The van der Waals surface area contributed by atoms with E-state index in [1.807, 2.05) is 18.2 Å². The molecule has 128 valence electrons. The lowest BCUT2D eigenvalue weighted by atomic mass is 10.1. The van der Waals surface area contributed by atoms with E-state index in [1.165, 1.54) is 15.4 Å². The Labute approximate surface area is 147 Å². The number of carbonyl (C=O) groups excluding carboxylic acids is 2. The summed E-state index contributed by atoms with van der Waals surface area (Å²) in [5.74, 6) is -0.292. The van der Waals surface area contributed by atoms with Gasteiger partial charge in [0.05, 0.1) is 11.1 Å². The number of rotatable bonds is 4.